The zero-order valence-corrected chi connectivity index (χ0v) is 18.6. The van der Waals surface area contributed by atoms with Crippen LogP contribution in [0, 0.1) is 6.92 Å². The van der Waals surface area contributed by atoms with Crippen molar-refractivity contribution >= 4 is 11.7 Å². The molecule has 3 aromatic rings. The lowest BCUT2D eigenvalue weighted by Gasteiger charge is -2.36. The van der Waals surface area contributed by atoms with Crippen LogP contribution in [0.3, 0.4) is 0 Å². The van der Waals surface area contributed by atoms with Crippen molar-refractivity contribution in [3.05, 3.63) is 54.6 Å². The summed E-state index contributed by atoms with van der Waals surface area (Å²) in [5, 5.41) is 8.70. The van der Waals surface area contributed by atoms with Crippen molar-refractivity contribution in [1.82, 2.24) is 24.6 Å². The van der Waals surface area contributed by atoms with Crippen LogP contribution in [0.15, 0.2) is 48.8 Å². The van der Waals surface area contributed by atoms with E-state index in [9.17, 15) is 4.79 Å². The van der Waals surface area contributed by atoms with Crippen LogP contribution in [-0.2, 0) is 4.79 Å². The Morgan fingerprint density at radius 1 is 1.00 bits per heavy atom. The number of hydrogen-bond donors (Lipinski definition) is 0. The summed E-state index contributed by atoms with van der Waals surface area (Å²) in [5.74, 6) is 3.81. The summed E-state index contributed by atoms with van der Waals surface area (Å²) in [6.07, 6.45) is 3.04. The molecule has 1 aliphatic heterocycles. The summed E-state index contributed by atoms with van der Waals surface area (Å²) in [6, 6.07) is 11.2. The Hall–Kier alpha value is -3.62. The largest absolute Gasteiger partial charge is 0.494 e. The number of imidazole rings is 1. The van der Waals surface area contributed by atoms with E-state index in [0.29, 0.717) is 38.5 Å². The third-order valence-electron chi connectivity index (χ3n) is 5.42. The minimum absolute atomic E-state index is 0.0180. The third kappa shape index (κ3) is 4.82. The molecule has 1 fully saturated rings. The molecule has 1 aromatic carbocycles. The molecule has 32 heavy (non-hydrogen) atoms. The van der Waals surface area contributed by atoms with Gasteiger partial charge in [0.1, 0.15) is 17.3 Å². The van der Waals surface area contributed by atoms with Crippen molar-refractivity contribution in [2.75, 3.05) is 37.7 Å². The predicted octanol–water partition coefficient (Wildman–Crippen LogP) is 2.49. The van der Waals surface area contributed by atoms with Gasteiger partial charge in [-0.3, -0.25) is 9.36 Å². The number of anilines is 1. The SMILES string of the molecule is CCOc1ccc(OC(C)C(=O)N2CCN(c3ccc(-n4ccnc4C)nn3)CC2)cc1. The van der Waals surface area contributed by atoms with Crippen molar-refractivity contribution in [2.45, 2.75) is 26.9 Å². The van der Waals surface area contributed by atoms with Crippen molar-refractivity contribution in [3.63, 3.8) is 0 Å². The number of carbonyl (C=O) groups is 1. The average Bonchev–Trinajstić information content (AvgIpc) is 3.26. The third-order valence-corrected chi connectivity index (χ3v) is 5.42. The van der Waals surface area contributed by atoms with Gasteiger partial charge in [0.05, 0.1) is 6.61 Å². The second kappa shape index (κ2) is 9.67. The van der Waals surface area contributed by atoms with Gasteiger partial charge < -0.3 is 19.3 Å². The number of ether oxygens (including phenoxy) is 2. The van der Waals surface area contributed by atoms with Crippen LogP contribution in [0.25, 0.3) is 5.82 Å². The fraction of sp³-hybridized carbons (Fsp3) is 0.391. The Labute approximate surface area is 187 Å². The van der Waals surface area contributed by atoms with Crippen molar-refractivity contribution in [2.24, 2.45) is 0 Å². The molecule has 0 aliphatic carbocycles. The fourth-order valence-corrected chi connectivity index (χ4v) is 3.68. The molecule has 3 heterocycles. The number of aromatic nitrogens is 4. The number of aryl methyl sites for hydroxylation is 1. The highest BCUT2D eigenvalue weighted by Crippen LogP contribution is 2.20. The number of piperazine rings is 1. The van der Waals surface area contributed by atoms with E-state index >= 15 is 0 Å². The molecule has 0 saturated carbocycles. The van der Waals surface area contributed by atoms with Gasteiger partial charge in [0.2, 0.25) is 0 Å². The molecular weight excluding hydrogens is 408 g/mol. The van der Waals surface area contributed by atoms with Crippen LogP contribution >= 0.6 is 0 Å². The summed E-state index contributed by atoms with van der Waals surface area (Å²) in [5.41, 5.74) is 0. The van der Waals surface area contributed by atoms with Gasteiger partial charge in [0, 0.05) is 38.6 Å². The minimum Gasteiger partial charge on any atom is -0.494 e. The van der Waals surface area contributed by atoms with Crippen LogP contribution in [0.1, 0.15) is 19.7 Å². The van der Waals surface area contributed by atoms with Gasteiger partial charge in [0.15, 0.2) is 17.7 Å². The van der Waals surface area contributed by atoms with Gasteiger partial charge in [-0.2, -0.15) is 0 Å². The number of amides is 1. The normalized spacial score (nSPS) is 14.8. The molecular formula is C23H28N6O3. The van der Waals surface area contributed by atoms with Gasteiger partial charge in [-0.25, -0.2) is 4.98 Å². The quantitative estimate of drug-likeness (QED) is 0.562. The highest BCUT2D eigenvalue weighted by Gasteiger charge is 2.26. The van der Waals surface area contributed by atoms with Gasteiger partial charge in [-0.05, 0) is 57.2 Å². The number of rotatable bonds is 7. The lowest BCUT2D eigenvalue weighted by Crippen LogP contribution is -2.52. The van der Waals surface area contributed by atoms with E-state index in [2.05, 4.69) is 20.1 Å². The minimum atomic E-state index is -0.558. The maximum absolute atomic E-state index is 12.8. The molecule has 0 N–H and O–H groups in total. The summed E-state index contributed by atoms with van der Waals surface area (Å²) in [7, 11) is 0. The van der Waals surface area contributed by atoms with E-state index in [1.165, 1.54) is 0 Å². The standard InChI is InChI=1S/C23H28N6O3/c1-4-31-19-5-7-20(8-6-19)32-17(2)23(30)28-15-13-27(14-16-28)21-9-10-22(26-25-21)29-12-11-24-18(29)3/h5-12,17H,4,13-16H2,1-3H3. The molecule has 0 radical (unpaired) electrons. The van der Waals surface area contributed by atoms with Crippen molar-refractivity contribution in [3.8, 4) is 17.3 Å². The maximum Gasteiger partial charge on any atom is 0.263 e. The molecule has 0 bridgehead atoms. The average molecular weight is 437 g/mol. The Morgan fingerprint density at radius 2 is 1.66 bits per heavy atom. The molecule has 0 spiro atoms. The summed E-state index contributed by atoms with van der Waals surface area (Å²) < 4.78 is 13.2. The predicted molar refractivity (Wildman–Crippen MR) is 120 cm³/mol. The summed E-state index contributed by atoms with van der Waals surface area (Å²) in [6.45, 7) is 8.87. The molecule has 1 saturated heterocycles. The second-order valence-electron chi connectivity index (χ2n) is 7.57. The first-order valence-corrected chi connectivity index (χ1v) is 10.8. The van der Waals surface area contributed by atoms with E-state index in [1.54, 1.807) is 13.1 Å². The maximum atomic E-state index is 12.8. The smallest absolute Gasteiger partial charge is 0.263 e. The van der Waals surface area contributed by atoms with Crippen LogP contribution in [0.2, 0.25) is 0 Å². The lowest BCUT2D eigenvalue weighted by atomic mass is 10.2. The summed E-state index contributed by atoms with van der Waals surface area (Å²) in [4.78, 5) is 21.0. The zero-order chi connectivity index (χ0) is 22.5. The van der Waals surface area contributed by atoms with Crippen LogP contribution < -0.4 is 14.4 Å². The highest BCUT2D eigenvalue weighted by molar-refractivity contribution is 5.81. The number of carbonyl (C=O) groups excluding carboxylic acids is 1. The van der Waals surface area contributed by atoms with E-state index in [1.807, 2.05) is 65.9 Å². The Morgan fingerprint density at radius 3 is 2.25 bits per heavy atom. The van der Waals surface area contributed by atoms with Gasteiger partial charge in [-0.15, -0.1) is 10.2 Å². The van der Waals surface area contributed by atoms with Crippen LogP contribution in [0.5, 0.6) is 11.5 Å². The Kier molecular flexibility index (Phi) is 6.53. The summed E-state index contributed by atoms with van der Waals surface area (Å²) >= 11 is 0. The highest BCUT2D eigenvalue weighted by atomic mass is 16.5. The fourth-order valence-electron chi connectivity index (χ4n) is 3.68. The van der Waals surface area contributed by atoms with Gasteiger partial charge >= 0.3 is 0 Å². The second-order valence-corrected chi connectivity index (χ2v) is 7.57. The zero-order valence-electron chi connectivity index (χ0n) is 18.6. The van der Waals surface area contributed by atoms with Crippen LogP contribution in [0.4, 0.5) is 5.82 Å². The van der Waals surface area contributed by atoms with E-state index in [4.69, 9.17) is 9.47 Å². The van der Waals surface area contributed by atoms with Crippen molar-refractivity contribution < 1.29 is 14.3 Å². The monoisotopic (exact) mass is 436 g/mol. The lowest BCUT2D eigenvalue weighted by molar-refractivity contribution is -0.138. The molecule has 1 amide bonds. The Balaban J connectivity index is 1.30. The molecule has 1 atom stereocenters. The van der Waals surface area contributed by atoms with Crippen LogP contribution in [-0.4, -0.2) is 69.4 Å². The first-order chi connectivity index (χ1) is 15.5. The van der Waals surface area contributed by atoms with Gasteiger partial charge in [-0.1, -0.05) is 0 Å². The molecule has 9 heteroatoms. The number of nitrogens with zero attached hydrogens (tertiary/aromatic N) is 6. The first kappa shape index (κ1) is 21.6. The molecule has 9 nitrogen and oxygen atoms in total. The van der Waals surface area contributed by atoms with E-state index in [-0.39, 0.29) is 5.91 Å². The first-order valence-electron chi connectivity index (χ1n) is 10.8. The van der Waals surface area contributed by atoms with Gasteiger partial charge in [0.25, 0.3) is 5.91 Å². The number of hydrogen-bond acceptors (Lipinski definition) is 7. The molecule has 1 unspecified atom stereocenters. The molecule has 168 valence electrons. The Bertz CT molecular complexity index is 1030. The number of benzene rings is 1. The van der Waals surface area contributed by atoms with E-state index in [0.717, 1.165) is 23.2 Å². The molecule has 2 aromatic heterocycles. The topological polar surface area (TPSA) is 85.6 Å². The van der Waals surface area contributed by atoms with Crippen molar-refractivity contribution in [1.29, 1.82) is 0 Å². The van der Waals surface area contributed by atoms with E-state index < -0.39 is 6.10 Å². The molecule has 1 aliphatic rings. The molecule has 4 rings (SSSR count).